The molecule has 4 nitrogen and oxygen atoms in total. The van der Waals surface area contributed by atoms with Crippen LogP contribution in [0.1, 0.15) is 0 Å². The molecule has 0 radical (unpaired) electrons. The third-order valence-electron chi connectivity index (χ3n) is 1.97. The van der Waals surface area contributed by atoms with Gasteiger partial charge in [-0.15, -0.1) is 19.7 Å². The van der Waals surface area contributed by atoms with Crippen molar-refractivity contribution in [2.75, 3.05) is 33.0 Å². The van der Waals surface area contributed by atoms with Crippen LogP contribution in [0.3, 0.4) is 0 Å². The first-order chi connectivity index (χ1) is 8.29. The van der Waals surface area contributed by atoms with Crippen LogP contribution in [0.4, 0.5) is 0 Å². The van der Waals surface area contributed by atoms with Crippen LogP contribution in [0, 0.1) is 0 Å². The Morgan fingerprint density at radius 2 is 1.41 bits per heavy atom. The van der Waals surface area contributed by atoms with Gasteiger partial charge >= 0.3 is 0 Å². The minimum atomic E-state index is -0.433. The Bertz CT molecular complexity index is 215. The summed E-state index contributed by atoms with van der Waals surface area (Å²) < 4.78 is 16.2. The highest BCUT2D eigenvalue weighted by Crippen LogP contribution is 2.06. The van der Waals surface area contributed by atoms with E-state index in [2.05, 4.69) is 19.7 Å². The Balaban J connectivity index is 4.20. The molecule has 0 saturated heterocycles. The molecule has 1 N–H and O–H groups in total. The van der Waals surface area contributed by atoms with Crippen LogP contribution in [0.25, 0.3) is 0 Å². The predicted octanol–water partition coefficient (Wildman–Crippen LogP) is 1.32. The minimum absolute atomic E-state index is 0.132. The topological polar surface area (TPSA) is 47.9 Å². The van der Waals surface area contributed by atoms with E-state index in [4.69, 9.17) is 14.2 Å². The SMILES string of the molecule is C=CCOC[C@H](OCC=C)[C@@H](CO)OCC=C. The summed E-state index contributed by atoms with van der Waals surface area (Å²) in [5.41, 5.74) is 0. The summed E-state index contributed by atoms with van der Waals surface area (Å²) in [5.74, 6) is 0. The second-order valence-electron chi connectivity index (χ2n) is 3.33. The zero-order valence-corrected chi connectivity index (χ0v) is 10.2. The van der Waals surface area contributed by atoms with Gasteiger partial charge in [0.25, 0.3) is 0 Å². The van der Waals surface area contributed by atoms with Gasteiger partial charge < -0.3 is 19.3 Å². The lowest BCUT2D eigenvalue weighted by atomic mass is 10.2. The molecule has 0 aromatic heterocycles. The third-order valence-corrected chi connectivity index (χ3v) is 1.97. The summed E-state index contributed by atoms with van der Waals surface area (Å²) in [6.07, 6.45) is 4.15. The fourth-order valence-electron chi connectivity index (χ4n) is 1.19. The number of aliphatic hydroxyl groups excluding tert-OH is 1. The predicted molar refractivity (Wildman–Crippen MR) is 68.0 cm³/mol. The van der Waals surface area contributed by atoms with Gasteiger partial charge in [0.1, 0.15) is 12.2 Å². The van der Waals surface area contributed by atoms with Gasteiger partial charge in [-0.2, -0.15) is 0 Å². The molecule has 0 aromatic carbocycles. The van der Waals surface area contributed by atoms with Crippen molar-refractivity contribution in [3.8, 4) is 0 Å². The zero-order valence-electron chi connectivity index (χ0n) is 10.2. The standard InChI is InChI=1S/C13H22O4/c1-4-7-15-11-13(17-9-6-3)12(10-14)16-8-5-2/h4-6,12-14H,1-3,7-11H2/t12-,13+/m1/s1. The molecule has 0 fully saturated rings. The Morgan fingerprint density at radius 1 is 0.882 bits per heavy atom. The maximum Gasteiger partial charge on any atom is 0.110 e. The van der Waals surface area contributed by atoms with Gasteiger partial charge in [-0.3, -0.25) is 0 Å². The molecule has 0 heterocycles. The molecule has 2 atom stereocenters. The van der Waals surface area contributed by atoms with Crippen molar-refractivity contribution in [1.29, 1.82) is 0 Å². The Labute approximate surface area is 103 Å². The van der Waals surface area contributed by atoms with E-state index in [1.54, 1.807) is 18.2 Å². The van der Waals surface area contributed by atoms with Gasteiger partial charge in [0.15, 0.2) is 0 Å². The second kappa shape index (κ2) is 11.5. The van der Waals surface area contributed by atoms with Crippen LogP contribution in [0.5, 0.6) is 0 Å². The second-order valence-corrected chi connectivity index (χ2v) is 3.33. The summed E-state index contributed by atoms with van der Waals surface area (Å²) in [5, 5.41) is 9.24. The van der Waals surface area contributed by atoms with Crippen molar-refractivity contribution in [3.63, 3.8) is 0 Å². The van der Waals surface area contributed by atoms with Crippen molar-refractivity contribution in [1.82, 2.24) is 0 Å². The average molecular weight is 242 g/mol. The number of aliphatic hydroxyl groups is 1. The number of hydrogen-bond donors (Lipinski definition) is 1. The largest absolute Gasteiger partial charge is 0.394 e. The third kappa shape index (κ3) is 7.88. The van der Waals surface area contributed by atoms with Crippen LogP contribution in [-0.4, -0.2) is 50.3 Å². The van der Waals surface area contributed by atoms with E-state index in [1.807, 2.05) is 0 Å². The molecular formula is C13H22O4. The Hall–Kier alpha value is -0.940. The Morgan fingerprint density at radius 3 is 1.88 bits per heavy atom. The quantitative estimate of drug-likeness (QED) is 0.414. The fraction of sp³-hybridized carbons (Fsp3) is 0.538. The smallest absolute Gasteiger partial charge is 0.110 e. The van der Waals surface area contributed by atoms with Gasteiger partial charge in [-0.05, 0) is 0 Å². The molecule has 0 aliphatic rings. The first-order valence-corrected chi connectivity index (χ1v) is 5.54. The van der Waals surface area contributed by atoms with Gasteiger partial charge in [0, 0.05) is 0 Å². The van der Waals surface area contributed by atoms with Crippen LogP contribution in [-0.2, 0) is 14.2 Å². The van der Waals surface area contributed by atoms with E-state index in [1.165, 1.54) is 0 Å². The van der Waals surface area contributed by atoms with E-state index in [0.717, 1.165) is 0 Å². The van der Waals surface area contributed by atoms with Crippen molar-refractivity contribution in [3.05, 3.63) is 38.0 Å². The monoisotopic (exact) mass is 242 g/mol. The summed E-state index contributed by atoms with van der Waals surface area (Å²) in [7, 11) is 0. The summed E-state index contributed by atoms with van der Waals surface area (Å²) in [4.78, 5) is 0. The molecule has 4 heteroatoms. The lowest BCUT2D eigenvalue weighted by molar-refractivity contribution is -0.105. The molecule has 98 valence electrons. The molecular weight excluding hydrogens is 220 g/mol. The van der Waals surface area contributed by atoms with Gasteiger partial charge in [-0.25, -0.2) is 0 Å². The van der Waals surface area contributed by atoms with E-state index in [-0.39, 0.29) is 12.7 Å². The molecule has 0 spiro atoms. The van der Waals surface area contributed by atoms with Crippen molar-refractivity contribution >= 4 is 0 Å². The van der Waals surface area contributed by atoms with Gasteiger partial charge in [0.05, 0.1) is 33.0 Å². The first kappa shape index (κ1) is 16.1. The van der Waals surface area contributed by atoms with E-state index in [9.17, 15) is 5.11 Å². The molecule has 0 aliphatic heterocycles. The first-order valence-electron chi connectivity index (χ1n) is 5.54. The molecule has 17 heavy (non-hydrogen) atoms. The molecule has 0 aromatic rings. The lowest BCUT2D eigenvalue weighted by Gasteiger charge is -2.25. The fourth-order valence-corrected chi connectivity index (χ4v) is 1.19. The number of hydrogen-bond acceptors (Lipinski definition) is 4. The van der Waals surface area contributed by atoms with Gasteiger partial charge in [-0.1, -0.05) is 18.2 Å². The van der Waals surface area contributed by atoms with E-state index < -0.39 is 6.10 Å². The molecule has 0 bridgehead atoms. The summed E-state index contributed by atoms with van der Waals surface area (Å²) >= 11 is 0. The normalized spacial score (nSPS) is 13.9. The summed E-state index contributed by atoms with van der Waals surface area (Å²) in [6.45, 7) is 12.1. The van der Waals surface area contributed by atoms with E-state index in [0.29, 0.717) is 26.4 Å². The maximum absolute atomic E-state index is 9.24. The highest BCUT2D eigenvalue weighted by molar-refractivity contribution is 4.76. The number of ether oxygens (including phenoxy) is 3. The van der Waals surface area contributed by atoms with Crippen LogP contribution in [0.15, 0.2) is 38.0 Å². The molecule has 0 unspecified atom stereocenters. The number of rotatable bonds is 12. The molecule has 0 aliphatic carbocycles. The van der Waals surface area contributed by atoms with Crippen LogP contribution < -0.4 is 0 Å². The molecule has 0 saturated carbocycles. The Kier molecular flexibility index (Phi) is 10.9. The van der Waals surface area contributed by atoms with Crippen LogP contribution >= 0.6 is 0 Å². The highest BCUT2D eigenvalue weighted by atomic mass is 16.6. The molecule has 0 rings (SSSR count). The van der Waals surface area contributed by atoms with Crippen molar-refractivity contribution in [2.45, 2.75) is 12.2 Å². The van der Waals surface area contributed by atoms with Crippen LogP contribution in [0.2, 0.25) is 0 Å². The van der Waals surface area contributed by atoms with Gasteiger partial charge in [0.2, 0.25) is 0 Å². The van der Waals surface area contributed by atoms with Crippen molar-refractivity contribution < 1.29 is 19.3 Å². The highest BCUT2D eigenvalue weighted by Gasteiger charge is 2.22. The van der Waals surface area contributed by atoms with E-state index >= 15 is 0 Å². The summed E-state index contributed by atoms with van der Waals surface area (Å²) in [6, 6.07) is 0. The average Bonchev–Trinajstić information content (AvgIpc) is 2.36. The zero-order chi connectivity index (χ0) is 12.9. The minimum Gasteiger partial charge on any atom is -0.394 e. The molecule has 0 amide bonds. The van der Waals surface area contributed by atoms with Crippen molar-refractivity contribution in [2.24, 2.45) is 0 Å². The lowest BCUT2D eigenvalue weighted by Crippen LogP contribution is -2.38. The maximum atomic E-state index is 9.24.